The Kier molecular flexibility index (Phi) is 5.29. The standard InChI is InChI=1S/C24H30ClFO5/c1-12-7-15-16-9-18(26)17-8-14(28)5-6-23(17,4)24(16,25)20(30)10-22(15,3)21(12)19(29)11-31-13(2)27/h5-6,8,12,15-16,18,20-21,30H,7,9-11H2,1-4H3/t12-,15+,16+,18+,20+,21-,22+,23+,24?/m1/s1. The molecule has 0 aromatic rings. The van der Waals surface area contributed by atoms with Gasteiger partial charge in [0.05, 0.1) is 11.0 Å². The summed E-state index contributed by atoms with van der Waals surface area (Å²) in [5, 5.41) is 11.4. The molecular weight excluding hydrogens is 423 g/mol. The Morgan fingerprint density at radius 2 is 1.97 bits per heavy atom. The van der Waals surface area contributed by atoms with E-state index < -0.39 is 39.9 Å². The predicted octanol–water partition coefficient (Wildman–Crippen LogP) is 3.57. The fourth-order valence-electron chi connectivity index (χ4n) is 7.52. The van der Waals surface area contributed by atoms with Gasteiger partial charge in [0.25, 0.3) is 0 Å². The average molecular weight is 453 g/mol. The maximum Gasteiger partial charge on any atom is 0.303 e. The number of carbonyl (C=O) groups is 3. The third-order valence-corrected chi connectivity index (χ3v) is 9.66. The van der Waals surface area contributed by atoms with Crippen molar-refractivity contribution in [3.05, 3.63) is 23.8 Å². The first kappa shape index (κ1) is 22.7. The minimum atomic E-state index is -1.34. The van der Waals surface area contributed by atoms with Gasteiger partial charge in [0, 0.05) is 18.3 Å². The molecule has 4 aliphatic carbocycles. The molecule has 3 saturated carbocycles. The fraction of sp³-hybridized carbons (Fsp3) is 0.708. The van der Waals surface area contributed by atoms with Gasteiger partial charge in [0.2, 0.25) is 0 Å². The summed E-state index contributed by atoms with van der Waals surface area (Å²) in [4.78, 5) is 35.0. The van der Waals surface area contributed by atoms with Gasteiger partial charge in [-0.1, -0.05) is 26.8 Å². The van der Waals surface area contributed by atoms with Crippen LogP contribution in [0.4, 0.5) is 4.39 Å². The Balaban J connectivity index is 1.74. The lowest BCUT2D eigenvalue weighted by molar-refractivity contribution is -0.152. The van der Waals surface area contributed by atoms with Gasteiger partial charge in [-0.3, -0.25) is 14.4 Å². The van der Waals surface area contributed by atoms with Crippen LogP contribution in [0, 0.1) is 34.5 Å². The number of esters is 1. The first-order valence-corrected chi connectivity index (χ1v) is 11.4. The smallest absolute Gasteiger partial charge is 0.303 e. The summed E-state index contributed by atoms with van der Waals surface area (Å²) in [7, 11) is 0. The summed E-state index contributed by atoms with van der Waals surface area (Å²) in [5.41, 5.74) is -1.23. The maximum absolute atomic E-state index is 15.4. The maximum atomic E-state index is 15.4. The van der Waals surface area contributed by atoms with Gasteiger partial charge in [-0.2, -0.15) is 0 Å². The molecule has 5 nitrogen and oxygen atoms in total. The van der Waals surface area contributed by atoms with Crippen molar-refractivity contribution >= 4 is 29.1 Å². The van der Waals surface area contributed by atoms with Gasteiger partial charge in [0.15, 0.2) is 11.6 Å². The van der Waals surface area contributed by atoms with E-state index in [4.69, 9.17) is 16.3 Å². The lowest BCUT2D eigenvalue weighted by atomic mass is 9.46. The molecule has 0 aliphatic heterocycles. The van der Waals surface area contributed by atoms with Crippen molar-refractivity contribution in [2.24, 2.45) is 34.5 Å². The zero-order chi connectivity index (χ0) is 22.9. The number of Topliss-reactive ketones (excluding diaryl/α,β-unsaturated/α-hetero) is 1. The van der Waals surface area contributed by atoms with Crippen LogP contribution in [-0.4, -0.2) is 46.4 Å². The van der Waals surface area contributed by atoms with Gasteiger partial charge in [0.1, 0.15) is 12.8 Å². The van der Waals surface area contributed by atoms with E-state index in [1.54, 1.807) is 13.0 Å². The van der Waals surface area contributed by atoms with E-state index in [2.05, 4.69) is 0 Å². The van der Waals surface area contributed by atoms with Crippen molar-refractivity contribution < 1.29 is 28.6 Å². The molecule has 0 saturated heterocycles. The molecule has 1 N–H and O–H groups in total. The molecule has 0 aromatic carbocycles. The highest BCUT2D eigenvalue weighted by Gasteiger charge is 2.71. The number of ether oxygens (including phenoxy) is 1. The topological polar surface area (TPSA) is 80.7 Å². The molecule has 170 valence electrons. The van der Waals surface area contributed by atoms with Crippen LogP contribution in [0.2, 0.25) is 0 Å². The number of fused-ring (bicyclic) bond motifs is 5. The van der Waals surface area contributed by atoms with Crippen LogP contribution in [0.3, 0.4) is 0 Å². The van der Waals surface area contributed by atoms with E-state index in [1.165, 1.54) is 19.1 Å². The molecule has 31 heavy (non-hydrogen) atoms. The van der Waals surface area contributed by atoms with Crippen LogP contribution in [-0.2, 0) is 19.1 Å². The summed E-state index contributed by atoms with van der Waals surface area (Å²) in [6.07, 6.45) is 3.15. The zero-order valence-corrected chi connectivity index (χ0v) is 19.1. The minimum absolute atomic E-state index is 0.00411. The number of alkyl halides is 2. The Bertz CT molecular complexity index is 898. The first-order valence-electron chi connectivity index (χ1n) is 11.0. The van der Waals surface area contributed by atoms with Gasteiger partial charge >= 0.3 is 5.97 Å². The second kappa shape index (κ2) is 7.24. The van der Waals surface area contributed by atoms with Crippen LogP contribution in [0.1, 0.15) is 47.0 Å². The van der Waals surface area contributed by atoms with Gasteiger partial charge in [-0.05, 0) is 60.2 Å². The van der Waals surface area contributed by atoms with Crippen LogP contribution < -0.4 is 0 Å². The fourth-order valence-corrected chi connectivity index (χ4v) is 8.01. The molecule has 0 amide bonds. The minimum Gasteiger partial charge on any atom is -0.458 e. The Morgan fingerprint density at radius 3 is 2.61 bits per heavy atom. The van der Waals surface area contributed by atoms with Gasteiger partial charge in [-0.25, -0.2) is 4.39 Å². The van der Waals surface area contributed by atoms with E-state index in [1.807, 2.05) is 13.8 Å². The normalized spacial score (nSPS) is 48.4. The third kappa shape index (κ3) is 3.01. The Labute approximate surface area is 187 Å². The van der Waals surface area contributed by atoms with Crippen LogP contribution in [0.15, 0.2) is 23.8 Å². The van der Waals surface area contributed by atoms with Crippen molar-refractivity contribution in [1.82, 2.24) is 0 Å². The zero-order valence-electron chi connectivity index (χ0n) is 18.4. The highest BCUT2D eigenvalue weighted by molar-refractivity contribution is 6.26. The Morgan fingerprint density at radius 1 is 1.29 bits per heavy atom. The van der Waals surface area contributed by atoms with Crippen molar-refractivity contribution in [3.63, 3.8) is 0 Å². The molecule has 4 aliphatic rings. The van der Waals surface area contributed by atoms with E-state index >= 15 is 4.39 Å². The molecule has 0 bridgehead atoms. The number of halogens is 2. The van der Waals surface area contributed by atoms with Gasteiger partial charge < -0.3 is 9.84 Å². The largest absolute Gasteiger partial charge is 0.458 e. The number of allylic oxidation sites excluding steroid dienone is 4. The number of hydrogen-bond acceptors (Lipinski definition) is 5. The van der Waals surface area contributed by atoms with Crippen molar-refractivity contribution in [2.75, 3.05) is 6.61 Å². The number of carbonyl (C=O) groups excluding carboxylic acids is 3. The predicted molar refractivity (Wildman–Crippen MR) is 113 cm³/mol. The number of hydrogen-bond donors (Lipinski definition) is 1. The summed E-state index contributed by atoms with van der Waals surface area (Å²) in [6, 6.07) is 0. The SMILES string of the molecule is CC(=O)OCC(=O)[C@H]1[C@H](C)C[C@H]2[C@@H]3C[C@H](F)C4=CC(=O)C=C[C@]4(C)C3(Cl)[C@@H](O)C[C@@]21C. The highest BCUT2D eigenvalue weighted by Crippen LogP contribution is 2.70. The second-order valence-electron chi connectivity index (χ2n) is 10.4. The van der Waals surface area contributed by atoms with Crippen molar-refractivity contribution in [1.29, 1.82) is 0 Å². The van der Waals surface area contributed by atoms with Crippen molar-refractivity contribution in [3.8, 4) is 0 Å². The molecule has 9 atom stereocenters. The molecule has 7 heteroatoms. The highest BCUT2D eigenvalue weighted by atomic mass is 35.5. The molecule has 3 fully saturated rings. The number of aliphatic hydroxyl groups excluding tert-OH is 1. The van der Waals surface area contributed by atoms with E-state index in [0.717, 1.165) is 0 Å². The van der Waals surface area contributed by atoms with Gasteiger partial charge in [-0.15, -0.1) is 11.6 Å². The molecule has 0 radical (unpaired) electrons. The lowest BCUT2D eigenvalue weighted by Crippen LogP contribution is -2.67. The summed E-state index contributed by atoms with van der Waals surface area (Å²) < 4.78 is 20.4. The Hall–Kier alpha value is -1.53. The molecular formula is C24H30ClFO5. The van der Waals surface area contributed by atoms with Crippen LogP contribution in [0.5, 0.6) is 0 Å². The van der Waals surface area contributed by atoms with E-state index in [-0.39, 0.29) is 42.3 Å². The van der Waals surface area contributed by atoms with Crippen LogP contribution >= 0.6 is 11.6 Å². The number of ketones is 2. The average Bonchev–Trinajstić information content (AvgIpc) is 2.94. The van der Waals surface area contributed by atoms with Crippen LogP contribution in [0.25, 0.3) is 0 Å². The first-order chi connectivity index (χ1) is 14.4. The van der Waals surface area contributed by atoms with E-state index in [9.17, 15) is 19.5 Å². The monoisotopic (exact) mass is 452 g/mol. The lowest BCUT2D eigenvalue weighted by Gasteiger charge is -2.63. The van der Waals surface area contributed by atoms with Crippen molar-refractivity contribution in [2.45, 2.75) is 64.1 Å². The molecule has 0 heterocycles. The second-order valence-corrected chi connectivity index (χ2v) is 11.0. The summed E-state index contributed by atoms with van der Waals surface area (Å²) >= 11 is 7.29. The quantitative estimate of drug-likeness (QED) is 0.523. The number of aliphatic hydroxyl groups is 1. The molecule has 0 aromatic heterocycles. The number of rotatable bonds is 3. The molecule has 4 rings (SSSR count). The van der Waals surface area contributed by atoms with E-state index in [0.29, 0.717) is 18.4 Å². The summed E-state index contributed by atoms with van der Waals surface area (Å²) in [5.74, 6) is -1.79. The molecule has 0 spiro atoms. The third-order valence-electron chi connectivity index (χ3n) is 8.73. The molecule has 1 unspecified atom stereocenters. The summed E-state index contributed by atoms with van der Waals surface area (Å²) in [6.45, 7) is 6.75.